The minimum absolute atomic E-state index is 0.00380. The SMILES string of the molecule is COc1cc(Nc2cn(C)c3ccccc3c2=O)cc(C)c1C. The largest absolute Gasteiger partial charge is 0.496 e. The van der Waals surface area contributed by atoms with Gasteiger partial charge in [0.25, 0.3) is 0 Å². The average molecular weight is 308 g/mol. The summed E-state index contributed by atoms with van der Waals surface area (Å²) in [5, 5.41) is 3.94. The molecular weight excluding hydrogens is 288 g/mol. The number of para-hydroxylation sites is 1. The van der Waals surface area contributed by atoms with Crippen molar-refractivity contribution in [3.63, 3.8) is 0 Å². The zero-order chi connectivity index (χ0) is 16.6. The molecule has 0 aliphatic rings. The number of aromatic nitrogens is 1. The van der Waals surface area contributed by atoms with Gasteiger partial charge in [0.1, 0.15) is 11.4 Å². The molecule has 23 heavy (non-hydrogen) atoms. The molecule has 1 aromatic heterocycles. The van der Waals surface area contributed by atoms with Gasteiger partial charge in [-0.3, -0.25) is 4.79 Å². The summed E-state index contributed by atoms with van der Waals surface area (Å²) < 4.78 is 7.36. The molecule has 0 aliphatic carbocycles. The zero-order valence-corrected chi connectivity index (χ0v) is 13.8. The van der Waals surface area contributed by atoms with Crippen molar-refractivity contribution in [2.45, 2.75) is 13.8 Å². The molecule has 1 heterocycles. The van der Waals surface area contributed by atoms with E-state index in [1.165, 1.54) is 0 Å². The highest BCUT2D eigenvalue weighted by molar-refractivity contribution is 5.83. The molecule has 0 saturated carbocycles. The van der Waals surface area contributed by atoms with Gasteiger partial charge in [0.05, 0.1) is 12.6 Å². The summed E-state index contributed by atoms with van der Waals surface area (Å²) in [6.07, 6.45) is 1.83. The maximum absolute atomic E-state index is 12.7. The number of anilines is 2. The molecule has 3 rings (SSSR count). The van der Waals surface area contributed by atoms with Crippen molar-refractivity contribution in [1.29, 1.82) is 0 Å². The first-order valence-corrected chi connectivity index (χ1v) is 7.52. The average Bonchev–Trinajstić information content (AvgIpc) is 2.55. The van der Waals surface area contributed by atoms with Gasteiger partial charge in [-0.05, 0) is 43.2 Å². The Kier molecular flexibility index (Phi) is 3.82. The summed E-state index contributed by atoms with van der Waals surface area (Å²) in [7, 11) is 3.59. The molecule has 3 aromatic rings. The molecule has 4 nitrogen and oxygen atoms in total. The maximum Gasteiger partial charge on any atom is 0.212 e. The number of hydrogen-bond donors (Lipinski definition) is 1. The number of methoxy groups -OCH3 is 1. The first-order chi connectivity index (χ1) is 11.0. The van der Waals surface area contributed by atoms with E-state index in [1.807, 2.05) is 68.1 Å². The maximum atomic E-state index is 12.7. The standard InChI is InChI=1S/C19H20N2O2/c1-12-9-14(10-18(23-4)13(12)2)20-16-11-21(3)17-8-6-5-7-15(17)19(16)22/h5-11,20H,1-4H3. The fraction of sp³-hybridized carbons (Fsp3) is 0.211. The second-order valence-electron chi connectivity index (χ2n) is 5.75. The number of pyridine rings is 1. The smallest absolute Gasteiger partial charge is 0.212 e. The molecule has 0 aliphatic heterocycles. The van der Waals surface area contributed by atoms with E-state index in [4.69, 9.17) is 4.74 Å². The van der Waals surface area contributed by atoms with Gasteiger partial charge in [0.2, 0.25) is 5.43 Å². The monoisotopic (exact) mass is 308 g/mol. The minimum atomic E-state index is -0.00380. The Morgan fingerprint density at radius 1 is 1.13 bits per heavy atom. The van der Waals surface area contributed by atoms with Gasteiger partial charge in [0, 0.05) is 30.4 Å². The van der Waals surface area contributed by atoms with Crippen LogP contribution in [0.4, 0.5) is 11.4 Å². The lowest BCUT2D eigenvalue weighted by Gasteiger charge is -2.14. The molecule has 0 amide bonds. The van der Waals surface area contributed by atoms with Crippen LogP contribution in [0.3, 0.4) is 0 Å². The van der Waals surface area contributed by atoms with E-state index in [-0.39, 0.29) is 5.43 Å². The summed E-state index contributed by atoms with van der Waals surface area (Å²) >= 11 is 0. The second kappa shape index (κ2) is 5.80. The van der Waals surface area contributed by atoms with Crippen LogP contribution >= 0.6 is 0 Å². The minimum Gasteiger partial charge on any atom is -0.496 e. The molecule has 1 N–H and O–H groups in total. The summed E-state index contributed by atoms with van der Waals surface area (Å²) in [6.45, 7) is 4.05. The Labute approximate surface area is 135 Å². The molecule has 4 heteroatoms. The van der Waals surface area contributed by atoms with Crippen LogP contribution in [0.25, 0.3) is 10.9 Å². The Hall–Kier alpha value is -2.75. The number of aryl methyl sites for hydroxylation is 2. The van der Waals surface area contributed by atoms with Gasteiger partial charge in [-0.2, -0.15) is 0 Å². The first-order valence-electron chi connectivity index (χ1n) is 7.52. The van der Waals surface area contributed by atoms with E-state index in [0.29, 0.717) is 11.1 Å². The Morgan fingerprint density at radius 3 is 2.61 bits per heavy atom. The molecule has 0 spiro atoms. The van der Waals surface area contributed by atoms with E-state index in [9.17, 15) is 4.79 Å². The fourth-order valence-corrected chi connectivity index (χ4v) is 2.80. The van der Waals surface area contributed by atoms with E-state index >= 15 is 0 Å². The van der Waals surface area contributed by atoms with Gasteiger partial charge < -0.3 is 14.6 Å². The number of ether oxygens (including phenoxy) is 1. The molecule has 2 aromatic carbocycles. The highest BCUT2D eigenvalue weighted by atomic mass is 16.5. The van der Waals surface area contributed by atoms with E-state index in [1.54, 1.807) is 7.11 Å². The van der Waals surface area contributed by atoms with Crippen LogP contribution in [0.1, 0.15) is 11.1 Å². The molecule has 0 bridgehead atoms. The molecule has 0 fully saturated rings. The molecule has 0 unspecified atom stereocenters. The van der Waals surface area contributed by atoms with E-state index < -0.39 is 0 Å². The molecule has 0 saturated heterocycles. The van der Waals surface area contributed by atoms with Gasteiger partial charge in [-0.15, -0.1) is 0 Å². The van der Waals surface area contributed by atoms with Crippen molar-refractivity contribution >= 4 is 22.3 Å². The van der Waals surface area contributed by atoms with Crippen molar-refractivity contribution in [2.24, 2.45) is 7.05 Å². The Bertz CT molecular complexity index is 942. The number of benzene rings is 2. The number of fused-ring (bicyclic) bond motifs is 1. The Balaban J connectivity index is 2.11. The van der Waals surface area contributed by atoms with Crippen LogP contribution in [0.5, 0.6) is 5.75 Å². The fourth-order valence-electron chi connectivity index (χ4n) is 2.80. The highest BCUT2D eigenvalue weighted by Crippen LogP contribution is 2.27. The predicted octanol–water partition coefficient (Wildman–Crippen LogP) is 3.91. The summed E-state index contributed by atoms with van der Waals surface area (Å²) in [4.78, 5) is 12.7. The van der Waals surface area contributed by atoms with Crippen LogP contribution in [-0.4, -0.2) is 11.7 Å². The van der Waals surface area contributed by atoms with E-state index in [2.05, 4.69) is 5.32 Å². The van der Waals surface area contributed by atoms with Crippen LogP contribution in [0.2, 0.25) is 0 Å². The second-order valence-corrected chi connectivity index (χ2v) is 5.75. The number of hydrogen-bond acceptors (Lipinski definition) is 3. The lowest BCUT2D eigenvalue weighted by molar-refractivity contribution is 0.411. The third-order valence-electron chi connectivity index (χ3n) is 4.21. The number of rotatable bonds is 3. The van der Waals surface area contributed by atoms with Crippen molar-refractivity contribution in [3.8, 4) is 5.75 Å². The highest BCUT2D eigenvalue weighted by Gasteiger charge is 2.09. The van der Waals surface area contributed by atoms with Crippen molar-refractivity contribution in [3.05, 3.63) is 63.9 Å². The molecule has 0 atom stereocenters. The number of nitrogens with zero attached hydrogens (tertiary/aromatic N) is 1. The van der Waals surface area contributed by atoms with Crippen LogP contribution in [0, 0.1) is 13.8 Å². The molecule has 118 valence electrons. The normalized spacial score (nSPS) is 10.8. The third kappa shape index (κ3) is 2.68. The summed E-state index contributed by atoms with van der Waals surface area (Å²) in [6, 6.07) is 11.5. The van der Waals surface area contributed by atoms with Crippen LogP contribution in [0.15, 0.2) is 47.4 Å². The lowest BCUT2D eigenvalue weighted by atomic mass is 10.1. The third-order valence-corrected chi connectivity index (χ3v) is 4.21. The zero-order valence-electron chi connectivity index (χ0n) is 13.8. The van der Waals surface area contributed by atoms with E-state index in [0.717, 1.165) is 28.1 Å². The lowest BCUT2D eigenvalue weighted by Crippen LogP contribution is -2.12. The van der Waals surface area contributed by atoms with Crippen molar-refractivity contribution in [1.82, 2.24) is 4.57 Å². The molecule has 0 radical (unpaired) electrons. The number of nitrogens with one attached hydrogen (secondary N) is 1. The topological polar surface area (TPSA) is 43.3 Å². The van der Waals surface area contributed by atoms with Gasteiger partial charge >= 0.3 is 0 Å². The van der Waals surface area contributed by atoms with Crippen molar-refractivity contribution in [2.75, 3.05) is 12.4 Å². The Morgan fingerprint density at radius 2 is 1.87 bits per heavy atom. The van der Waals surface area contributed by atoms with Gasteiger partial charge in [-0.1, -0.05) is 12.1 Å². The van der Waals surface area contributed by atoms with Crippen LogP contribution < -0.4 is 15.5 Å². The molecular formula is C19H20N2O2. The van der Waals surface area contributed by atoms with Gasteiger partial charge in [0.15, 0.2) is 0 Å². The van der Waals surface area contributed by atoms with Crippen molar-refractivity contribution < 1.29 is 4.74 Å². The van der Waals surface area contributed by atoms with Crippen LogP contribution in [-0.2, 0) is 7.05 Å². The van der Waals surface area contributed by atoms with Gasteiger partial charge in [-0.25, -0.2) is 0 Å². The quantitative estimate of drug-likeness (QED) is 0.798. The summed E-state index contributed by atoms with van der Waals surface area (Å²) in [5.74, 6) is 0.810. The summed E-state index contributed by atoms with van der Waals surface area (Å²) in [5.41, 5.74) is 4.53. The predicted molar refractivity (Wildman–Crippen MR) is 94.9 cm³/mol. The first kappa shape index (κ1) is 15.2.